The van der Waals surface area contributed by atoms with Crippen molar-refractivity contribution in [2.75, 3.05) is 0 Å². The second kappa shape index (κ2) is 8.40. The van der Waals surface area contributed by atoms with Crippen LogP contribution >= 0.6 is 35.6 Å². The maximum atomic E-state index is 13.0. The molecular weight excluding hydrogens is 455 g/mol. The van der Waals surface area contributed by atoms with E-state index < -0.39 is 11.7 Å². The van der Waals surface area contributed by atoms with Gasteiger partial charge in [-0.05, 0) is 43.2 Å². The molecule has 1 saturated carbocycles. The minimum atomic E-state index is -4.48. The molecule has 2 heterocycles. The van der Waals surface area contributed by atoms with Crippen molar-refractivity contribution >= 4 is 51.9 Å². The van der Waals surface area contributed by atoms with Crippen LogP contribution in [0.5, 0.6) is 0 Å². The molecule has 0 spiro atoms. The van der Waals surface area contributed by atoms with Crippen molar-refractivity contribution in [1.82, 2.24) is 4.90 Å². The van der Waals surface area contributed by atoms with Crippen LogP contribution < -0.4 is 0 Å². The number of rotatable bonds is 3. The van der Waals surface area contributed by atoms with E-state index in [2.05, 4.69) is 0 Å². The predicted octanol–water partition coefficient (Wildman–Crippen LogP) is 7.15. The van der Waals surface area contributed by atoms with Crippen LogP contribution in [-0.4, -0.2) is 21.2 Å². The lowest BCUT2D eigenvalue weighted by molar-refractivity contribution is -0.137. The van der Waals surface area contributed by atoms with Gasteiger partial charge in [-0.25, -0.2) is 0 Å². The Morgan fingerprint density at radius 3 is 2.60 bits per heavy atom. The first-order valence-corrected chi connectivity index (χ1v) is 11.1. The van der Waals surface area contributed by atoms with Gasteiger partial charge in [0.2, 0.25) is 0 Å². The molecule has 0 N–H and O–H groups in total. The maximum absolute atomic E-state index is 13.0. The fraction of sp³-hybridized carbons (Fsp3) is 0.333. The number of alkyl halides is 3. The second-order valence-corrected chi connectivity index (χ2v) is 9.32. The van der Waals surface area contributed by atoms with Crippen molar-refractivity contribution in [3.8, 4) is 11.3 Å². The molecule has 3 nitrogen and oxygen atoms in total. The molecule has 9 heteroatoms. The van der Waals surface area contributed by atoms with Crippen molar-refractivity contribution in [3.05, 3.63) is 51.6 Å². The summed E-state index contributed by atoms with van der Waals surface area (Å²) in [5.74, 6) is 0.398. The molecule has 2 aromatic rings. The van der Waals surface area contributed by atoms with E-state index in [0.29, 0.717) is 15.0 Å². The fourth-order valence-corrected chi connectivity index (χ4v) is 5.32. The highest BCUT2D eigenvalue weighted by Gasteiger charge is 2.37. The Balaban J connectivity index is 1.59. The average Bonchev–Trinajstić information content (AvgIpc) is 3.26. The Morgan fingerprint density at radius 2 is 1.90 bits per heavy atom. The number of hydrogen-bond acceptors (Lipinski definition) is 4. The van der Waals surface area contributed by atoms with Gasteiger partial charge < -0.3 is 4.42 Å². The fourth-order valence-electron chi connectivity index (χ4n) is 3.73. The molecule has 2 fully saturated rings. The number of thiocarbonyl (C=S) groups is 1. The van der Waals surface area contributed by atoms with Crippen molar-refractivity contribution in [1.29, 1.82) is 0 Å². The van der Waals surface area contributed by atoms with Crippen LogP contribution in [0.25, 0.3) is 17.4 Å². The van der Waals surface area contributed by atoms with Crippen LogP contribution in [0.15, 0.2) is 39.7 Å². The summed E-state index contributed by atoms with van der Waals surface area (Å²) in [6.45, 7) is 0. The first kappa shape index (κ1) is 21.5. The molecule has 0 atom stereocenters. The Labute approximate surface area is 186 Å². The molecule has 2 aliphatic rings. The number of amides is 1. The number of furan rings is 1. The topological polar surface area (TPSA) is 33.5 Å². The van der Waals surface area contributed by atoms with E-state index in [4.69, 9.17) is 28.2 Å². The average molecular weight is 472 g/mol. The maximum Gasteiger partial charge on any atom is 0.416 e. The molecule has 158 valence electrons. The van der Waals surface area contributed by atoms with E-state index >= 15 is 0 Å². The quantitative estimate of drug-likeness (QED) is 0.351. The summed E-state index contributed by atoms with van der Waals surface area (Å²) in [5, 5.41) is 0.146. The van der Waals surface area contributed by atoms with E-state index in [1.54, 1.807) is 17.0 Å². The summed E-state index contributed by atoms with van der Waals surface area (Å²) in [6.07, 6.45) is 2.32. The molecule has 1 saturated heterocycles. The number of halogens is 4. The van der Waals surface area contributed by atoms with Gasteiger partial charge in [0.1, 0.15) is 15.8 Å². The Bertz CT molecular complexity index is 1030. The number of thioether (sulfide) groups is 1. The molecule has 0 unspecified atom stereocenters. The summed E-state index contributed by atoms with van der Waals surface area (Å²) in [4.78, 5) is 15.0. The van der Waals surface area contributed by atoms with Gasteiger partial charge in [0.05, 0.1) is 15.5 Å². The Kier molecular flexibility index (Phi) is 6.01. The monoisotopic (exact) mass is 471 g/mol. The lowest BCUT2D eigenvalue weighted by Crippen LogP contribution is -2.39. The van der Waals surface area contributed by atoms with Crippen LogP contribution in [0, 0.1) is 0 Å². The van der Waals surface area contributed by atoms with Crippen LogP contribution in [0.4, 0.5) is 13.2 Å². The van der Waals surface area contributed by atoms with Crippen LogP contribution in [0.1, 0.15) is 43.4 Å². The summed E-state index contributed by atoms with van der Waals surface area (Å²) >= 11 is 12.7. The van der Waals surface area contributed by atoms with Gasteiger partial charge in [0, 0.05) is 17.7 Å². The van der Waals surface area contributed by atoms with Gasteiger partial charge in [0.15, 0.2) is 0 Å². The van der Waals surface area contributed by atoms with E-state index in [1.807, 2.05) is 0 Å². The number of carbonyl (C=O) groups excluding carboxylic acids is 1. The SMILES string of the molecule is O=C1/C(=C/c2ccc(-c3cc(C(F)(F)F)ccc3Cl)o2)SC(=S)N1C1CCCCC1. The zero-order valence-electron chi connectivity index (χ0n) is 15.7. The number of hydrogen-bond donors (Lipinski definition) is 0. The van der Waals surface area contributed by atoms with Gasteiger partial charge in [0.25, 0.3) is 5.91 Å². The van der Waals surface area contributed by atoms with Crippen LogP contribution in [0.2, 0.25) is 5.02 Å². The van der Waals surface area contributed by atoms with Gasteiger partial charge in [-0.15, -0.1) is 0 Å². The van der Waals surface area contributed by atoms with Crippen molar-refractivity contribution in [2.24, 2.45) is 0 Å². The molecule has 4 rings (SSSR count). The number of nitrogens with zero attached hydrogens (tertiary/aromatic N) is 1. The van der Waals surface area contributed by atoms with Gasteiger partial charge in [-0.2, -0.15) is 13.2 Å². The van der Waals surface area contributed by atoms with Crippen molar-refractivity contribution < 1.29 is 22.4 Å². The smallest absolute Gasteiger partial charge is 0.416 e. The van der Waals surface area contributed by atoms with Crippen LogP contribution in [0.3, 0.4) is 0 Å². The number of benzene rings is 1. The molecule has 1 aliphatic heterocycles. The van der Waals surface area contributed by atoms with Crippen molar-refractivity contribution in [3.63, 3.8) is 0 Å². The Hall–Kier alpha value is -1.77. The third-order valence-electron chi connectivity index (χ3n) is 5.22. The molecule has 1 aliphatic carbocycles. The molecule has 1 aromatic carbocycles. The predicted molar refractivity (Wildman–Crippen MR) is 116 cm³/mol. The highest BCUT2D eigenvalue weighted by Crippen LogP contribution is 2.39. The minimum Gasteiger partial charge on any atom is -0.457 e. The lowest BCUT2D eigenvalue weighted by atomic mass is 9.94. The molecule has 0 bridgehead atoms. The summed E-state index contributed by atoms with van der Waals surface area (Å²) in [7, 11) is 0. The van der Waals surface area contributed by atoms with E-state index in [0.717, 1.165) is 37.8 Å². The third kappa shape index (κ3) is 4.31. The highest BCUT2D eigenvalue weighted by molar-refractivity contribution is 8.26. The minimum absolute atomic E-state index is 0.133. The third-order valence-corrected chi connectivity index (χ3v) is 6.88. The van der Waals surface area contributed by atoms with Crippen LogP contribution in [-0.2, 0) is 11.0 Å². The van der Waals surface area contributed by atoms with Gasteiger partial charge in [-0.3, -0.25) is 9.69 Å². The van der Waals surface area contributed by atoms with Gasteiger partial charge in [-0.1, -0.05) is 54.8 Å². The molecule has 30 heavy (non-hydrogen) atoms. The normalized spacial score (nSPS) is 19.9. The van der Waals surface area contributed by atoms with Crippen molar-refractivity contribution in [2.45, 2.75) is 44.3 Å². The largest absolute Gasteiger partial charge is 0.457 e. The summed E-state index contributed by atoms with van der Waals surface area (Å²) < 4.78 is 45.3. The van der Waals surface area contributed by atoms with Gasteiger partial charge >= 0.3 is 6.18 Å². The standard InChI is InChI=1S/C21H17ClF3NO2S2/c22-16-8-6-12(21(23,24)25)10-15(16)17-9-7-14(28-17)11-18-19(27)26(20(29)30-18)13-4-2-1-3-5-13/h6-11,13H,1-5H2/b18-11-. The Morgan fingerprint density at radius 1 is 1.17 bits per heavy atom. The highest BCUT2D eigenvalue weighted by atomic mass is 35.5. The second-order valence-electron chi connectivity index (χ2n) is 7.24. The summed E-state index contributed by atoms with van der Waals surface area (Å²) in [6, 6.07) is 6.33. The number of carbonyl (C=O) groups is 1. The lowest BCUT2D eigenvalue weighted by Gasteiger charge is -2.29. The summed E-state index contributed by atoms with van der Waals surface area (Å²) in [5.41, 5.74) is -0.672. The molecule has 1 aromatic heterocycles. The zero-order valence-corrected chi connectivity index (χ0v) is 18.1. The molecular formula is C21H17ClF3NO2S2. The first-order chi connectivity index (χ1) is 14.2. The first-order valence-electron chi connectivity index (χ1n) is 9.48. The molecule has 1 amide bonds. The van der Waals surface area contributed by atoms with E-state index in [9.17, 15) is 18.0 Å². The van der Waals surface area contributed by atoms with E-state index in [-0.39, 0.29) is 28.3 Å². The zero-order chi connectivity index (χ0) is 21.5. The van der Waals surface area contributed by atoms with E-state index in [1.165, 1.54) is 30.3 Å². The molecule has 0 radical (unpaired) electrons.